The average molecular weight is 450 g/mol. The number of likely N-dealkylation sites (tertiary alicyclic amines) is 1. The SMILES string of the molecule is NCC(=O)N1CCCC1C(=O)NC(CC(=O)O)C(=O)NC(Cc1ccc(O)cc1)C(=O)O. The molecule has 1 aliphatic heterocycles. The van der Waals surface area contributed by atoms with Gasteiger partial charge in [0, 0.05) is 13.0 Å². The molecule has 3 atom stereocenters. The third kappa shape index (κ3) is 6.67. The largest absolute Gasteiger partial charge is 0.508 e. The maximum absolute atomic E-state index is 12.7. The molecule has 0 aromatic heterocycles. The van der Waals surface area contributed by atoms with Gasteiger partial charge in [0.2, 0.25) is 17.7 Å². The Hall–Kier alpha value is -3.67. The second-order valence-corrected chi connectivity index (χ2v) is 7.38. The third-order valence-electron chi connectivity index (χ3n) is 5.05. The van der Waals surface area contributed by atoms with Crippen molar-refractivity contribution in [1.29, 1.82) is 0 Å². The van der Waals surface area contributed by atoms with E-state index in [1.807, 2.05) is 0 Å². The molecule has 1 aliphatic rings. The van der Waals surface area contributed by atoms with Gasteiger partial charge in [-0.25, -0.2) is 4.79 Å². The summed E-state index contributed by atoms with van der Waals surface area (Å²) in [5.41, 5.74) is 5.86. The van der Waals surface area contributed by atoms with Crippen LogP contribution in [-0.4, -0.2) is 81.1 Å². The molecule has 0 aliphatic carbocycles. The molecule has 1 aromatic carbocycles. The first-order chi connectivity index (χ1) is 15.1. The quantitative estimate of drug-likeness (QED) is 0.243. The Labute approximate surface area is 183 Å². The fourth-order valence-electron chi connectivity index (χ4n) is 3.45. The molecule has 12 nitrogen and oxygen atoms in total. The van der Waals surface area contributed by atoms with Crippen molar-refractivity contribution in [2.45, 2.75) is 43.8 Å². The molecule has 0 spiro atoms. The van der Waals surface area contributed by atoms with E-state index < -0.39 is 54.2 Å². The molecule has 2 rings (SSSR count). The Bertz CT molecular complexity index is 873. The van der Waals surface area contributed by atoms with E-state index in [4.69, 9.17) is 10.8 Å². The molecule has 1 heterocycles. The minimum absolute atomic E-state index is 0.0111. The average Bonchev–Trinajstić information content (AvgIpc) is 3.23. The second kappa shape index (κ2) is 11.1. The van der Waals surface area contributed by atoms with E-state index in [9.17, 15) is 34.2 Å². The van der Waals surface area contributed by atoms with Crippen LogP contribution in [0.1, 0.15) is 24.8 Å². The van der Waals surface area contributed by atoms with Gasteiger partial charge >= 0.3 is 11.9 Å². The fraction of sp³-hybridized carbons (Fsp3) is 0.450. The van der Waals surface area contributed by atoms with Crippen LogP contribution in [0.4, 0.5) is 0 Å². The van der Waals surface area contributed by atoms with E-state index in [2.05, 4.69) is 10.6 Å². The van der Waals surface area contributed by atoms with Crippen molar-refractivity contribution >= 4 is 29.7 Å². The summed E-state index contributed by atoms with van der Waals surface area (Å²) in [7, 11) is 0. The minimum Gasteiger partial charge on any atom is -0.508 e. The van der Waals surface area contributed by atoms with Gasteiger partial charge in [-0.1, -0.05) is 12.1 Å². The van der Waals surface area contributed by atoms with Crippen LogP contribution in [0.3, 0.4) is 0 Å². The lowest BCUT2D eigenvalue weighted by atomic mass is 10.0. The van der Waals surface area contributed by atoms with E-state index in [0.717, 1.165) is 0 Å². The number of carboxylic acids is 2. The highest BCUT2D eigenvalue weighted by Crippen LogP contribution is 2.18. The number of phenolic OH excluding ortho intramolecular Hbond substituents is 1. The molecule has 174 valence electrons. The molecule has 3 amide bonds. The molecule has 0 radical (unpaired) electrons. The molecule has 0 saturated carbocycles. The number of carbonyl (C=O) groups excluding carboxylic acids is 3. The second-order valence-electron chi connectivity index (χ2n) is 7.38. The Morgan fingerprint density at radius 3 is 2.28 bits per heavy atom. The zero-order valence-corrected chi connectivity index (χ0v) is 17.2. The fourth-order valence-corrected chi connectivity index (χ4v) is 3.45. The molecule has 1 saturated heterocycles. The molecule has 3 unspecified atom stereocenters. The van der Waals surface area contributed by atoms with E-state index in [1.165, 1.54) is 29.2 Å². The minimum atomic E-state index is -1.54. The van der Waals surface area contributed by atoms with Crippen LogP contribution in [-0.2, 0) is 30.4 Å². The Morgan fingerprint density at radius 2 is 1.72 bits per heavy atom. The van der Waals surface area contributed by atoms with Crippen LogP contribution in [0.2, 0.25) is 0 Å². The van der Waals surface area contributed by atoms with E-state index in [0.29, 0.717) is 24.9 Å². The third-order valence-corrected chi connectivity index (χ3v) is 5.05. The highest BCUT2D eigenvalue weighted by atomic mass is 16.4. The zero-order valence-electron chi connectivity index (χ0n) is 17.2. The maximum atomic E-state index is 12.7. The van der Waals surface area contributed by atoms with Gasteiger partial charge in [0.25, 0.3) is 0 Å². The topological polar surface area (TPSA) is 199 Å². The number of hydrogen-bond donors (Lipinski definition) is 6. The number of rotatable bonds is 10. The highest BCUT2D eigenvalue weighted by molar-refractivity contribution is 5.95. The summed E-state index contributed by atoms with van der Waals surface area (Å²) in [6, 6.07) is 1.86. The summed E-state index contributed by atoms with van der Waals surface area (Å²) in [5.74, 6) is -4.89. The van der Waals surface area contributed by atoms with Gasteiger partial charge in [-0.15, -0.1) is 0 Å². The Kier molecular flexibility index (Phi) is 8.53. The number of carboxylic acid groups (broad SMARTS) is 2. The van der Waals surface area contributed by atoms with Crippen molar-refractivity contribution in [3.63, 3.8) is 0 Å². The number of benzene rings is 1. The number of amides is 3. The summed E-state index contributed by atoms with van der Waals surface area (Å²) in [6.45, 7) is 0.0258. The smallest absolute Gasteiger partial charge is 0.326 e. The van der Waals surface area contributed by atoms with Gasteiger partial charge in [0.1, 0.15) is 23.9 Å². The van der Waals surface area contributed by atoms with Gasteiger partial charge in [-0.3, -0.25) is 19.2 Å². The molecular formula is C20H26N4O8. The molecular weight excluding hydrogens is 424 g/mol. The molecule has 7 N–H and O–H groups in total. The lowest BCUT2D eigenvalue weighted by molar-refractivity contribution is -0.144. The van der Waals surface area contributed by atoms with Crippen molar-refractivity contribution in [2.75, 3.05) is 13.1 Å². The predicted octanol–water partition coefficient (Wildman–Crippen LogP) is -1.59. The number of nitrogens with two attached hydrogens (primary N) is 1. The van der Waals surface area contributed by atoms with Crippen LogP contribution < -0.4 is 16.4 Å². The van der Waals surface area contributed by atoms with Gasteiger partial charge < -0.3 is 36.6 Å². The summed E-state index contributed by atoms with van der Waals surface area (Å²) < 4.78 is 0. The lowest BCUT2D eigenvalue weighted by Crippen LogP contribution is -2.56. The monoisotopic (exact) mass is 450 g/mol. The predicted molar refractivity (Wildman–Crippen MR) is 109 cm³/mol. The first kappa shape index (κ1) is 24.6. The molecule has 1 fully saturated rings. The van der Waals surface area contributed by atoms with Crippen LogP contribution in [0.15, 0.2) is 24.3 Å². The zero-order chi connectivity index (χ0) is 23.8. The summed E-state index contributed by atoms with van der Waals surface area (Å²) >= 11 is 0. The number of aliphatic carboxylic acids is 2. The Balaban J connectivity index is 2.10. The molecule has 32 heavy (non-hydrogen) atoms. The summed E-state index contributed by atoms with van der Waals surface area (Å²) in [4.78, 5) is 61.3. The van der Waals surface area contributed by atoms with Crippen molar-refractivity contribution in [3.8, 4) is 5.75 Å². The standard InChI is InChI=1S/C20H26N4O8/c21-10-16(26)24-7-1-2-15(24)19(30)22-13(9-17(27)28)18(29)23-14(20(31)32)8-11-3-5-12(25)6-4-11/h3-6,13-15,25H,1-2,7-10,21H2,(H,22,30)(H,23,29)(H,27,28)(H,31,32). The van der Waals surface area contributed by atoms with Gasteiger partial charge in [0.05, 0.1) is 13.0 Å². The lowest BCUT2D eigenvalue weighted by Gasteiger charge is -2.26. The van der Waals surface area contributed by atoms with Crippen LogP contribution in [0.5, 0.6) is 5.75 Å². The van der Waals surface area contributed by atoms with Crippen LogP contribution in [0.25, 0.3) is 0 Å². The summed E-state index contributed by atoms with van der Waals surface area (Å²) in [5, 5.41) is 32.5. The number of nitrogens with one attached hydrogen (secondary N) is 2. The van der Waals surface area contributed by atoms with Crippen molar-refractivity contribution in [3.05, 3.63) is 29.8 Å². The first-order valence-electron chi connectivity index (χ1n) is 9.95. The van der Waals surface area contributed by atoms with Crippen LogP contribution in [0, 0.1) is 0 Å². The van der Waals surface area contributed by atoms with E-state index in [1.54, 1.807) is 0 Å². The number of nitrogens with zero attached hydrogens (tertiary/aromatic N) is 1. The Morgan fingerprint density at radius 1 is 1.06 bits per heavy atom. The normalized spacial score (nSPS) is 17.3. The van der Waals surface area contributed by atoms with Crippen molar-refractivity contribution < 1.29 is 39.3 Å². The summed E-state index contributed by atoms with van der Waals surface area (Å²) in [6.07, 6.45) is -0.0257. The number of phenols is 1. The van der Waals surface area contributed by atoms with Crippen molar-refractivity contribution in [1.82, 2.24) is 15.5 Å². The van der Waals surface area contributed by atoms with Gasteiger partial charge in [-0.05, 0) is 30.5 Å². The van der Waals surface area contributed by atoms with E-state index >= 15 is 0 Å². The van der Waals surface area contributed by atoms with Gasteiger partial charge in [-0.2, -0.15) is 0 Å². The van der Waals surface area contributed by atoms with Crippen LogP contribution >= 0.6 is 0 Å². The highest BCUT2D eigenvalue weighted by Gasteiger charge is 2.36. The molecule has 0 bridgehead atoms. The number of carbonyl (C=O) groups is 5. The molecule has 12 heteroatoms. The first-order valence-corrected chi connectivity index (χ1v) is 9.95. The maximum Gasteiger partial charge on any atom is 0.326 e. The molecule has 1 aromatic rings. The van der Waals surface area contributed by atoms with Gasteiger partial charge in [0.15, 0.2) is 0 Å². The number of hydrogen-bond acceptors (Lipinski definition) is 7. The number of aromatic hydroxyl groups is 1. The van der Waals surface area contributed by atoms with E-state index in [-0.39, 0.29) is 18.7 Å². The van der Waals surface area contributed by atoms with Crippen molar-refractivity contribution in [2.24, 2.45) is 5.73 Å².